The predicted molar refractivity (Wildman–Crippen MR) is 139 cm³/mol. The second-order valence-corrected chi connectivity index (χ2v) is 9.96. The van der Waals surface area contributed by atoms with Gasteiger partial charge in [0.05, 0.1) is 32.4 Å². The minimum atomic E-state index is -0.414. The smallest absolute Gasteiger partial charge is 0.237 e. The van der Waals surface area contributed by atoms with Gasteiger partial charge in [-0.2, -0.15) is 0 Å². The lowest BCUT2D eigenvalue weighted by atomic mass is 10.0. The highest BCUT2D eigenvalue weighted by Crippen LogP contribution is 2.35. The number of imidazole rings is 1. The van der Waals surface area contributed by atoms with Gasteiger partial charge in [-0.1, -0.05) is 101 Å². The van der Waals surface area contributed by atoms with Gasteiger partial charge < -0.3 is 10.3 Å². The predicted octanol–water partition coefficient (Wildman–Crippen LogP) is 7.79. The van der Waals surface area contributed by atoms with Crippen molar-refractivity contribution < 1.29 is 4.79 Å². The topological polar surface area (TPSA) is 57.8 Å². The SMILES string of the molecule is Cc1ccc(-c2nc(SC(C)C(=O)Nc3cccc(Cl)c3Cl)[nH]c2-c2ccc(C)cc2)cc1. The average Bonchev–Trinajstić information content (AvgIpc) is 3.21. The normalized spacial score (nSPS) is 11.9. The fraction of sp³-hybridized carbons (Fsp3) is 0.154. The third-order valence-electron chi connectivity index (χ3n) is 5.21. The highest BCUT2D eigenvalue weighted by molar-refractivity contribution is 8.00. The molecule has 2 N–H and O–H groups in total. The van der Waals surface area contributed by atoms with Gasteiger partial charge in [-0.25, -0.2) is 4.98 Å². The maximum Gasteiger partial charge on any atom is 0.237 e. The summed E-state index contributed by atoms with van der Waals surface area (Å²) >= 11 is 13.6. The number of anilines is 1. The molecule has 0 spiro atoms. The average molecular weight is 496 g/mol. The van der Waals surface area contributed by atoms with Gasteiger partial charge in [-0.05, 0) is 32.9 Å². The van der Waals surface area contributed by atoms with E-state index >= 15 is 0 Å². The number of carbonyl (C=O) groups is 1. The molecule has 1 heterocycles. The van der Waals surface area contributed by atoms with Crippen LogP contribution in [0.1, 0.15) is 18.1 Å². The van der Waals surface area contributed by atoms with Crippen molar-refractivity contribution in [3.8, 4) is 22.5 Å². The Kier molecular flexibility index (Phi) is 7.13. The lowest BCUT2D eigenvalue weighted by molar-refractivity contribution is -0.115. The molecule has 0 aliphatic rings. The number of benzene rings is 3. The van der Waals surface area contributed by atoms with Gasteiger partial charge in [0, 0.05) is 11.1 Å². The van der Waals surface area contributed by atoms with Crippen molar-refractivity contribution in [2.24, 2.45) is 0 Å². The molecule has 0 radical (unpaired) electrons. The number of aromatic amines is 1. The molecule has 0 aliphatic carbocycles. The van der Waals surface area contributed by atoms with Crippen molar-refractivity contribution in [3.63, 3.8) is 0 Å². The third kappa shape index (κ3) is 5.44. The van der Waals surface area contributed by atoms with Crippen LogP contribution in [0.15, 0.2) is 71.9 Å². The van der Waals surface area contributed by atoms with Crippen LogP contribution in [0.5, 0.6) is 0 Å². The summed E-state index contributed by atoms with van der Waals surface area (Å²) in [6, 6.07) is 21.7. The number of hydrogen-bond acceptors (Lipinski definition) is 3. The van der Waals surface area contributed by atoms with Crippen molar-refractivity contribution in [3.05, 3.63) is 87.9 Å². The van der Waals surface area contributed by atoms with Crippen LogP contribution in [-0.2, 0) is 4.79 Å². The first-order valence-corrected chi connectivity index (χ1v) is 12.1. The second kappa shape index (κ2) is 10.0. The Labute approximate surface area is 207 Å². The van der Waals surface area contributed by atoms with Gasteiger partial charge in [0.25, 0.3) is 0 Å². The Morgan fingerprint density at radius 2 is 1.55 bits per heavy atom. The zero-order valence-electron chi connectivity index (χ0n) is 18.4. The minimum Gasteiger partial charge on any atom is -0.332 e. The quantitative estimate of drug-likeness (QED) is 0.268. The van der Waals surface area contributed by atoms with Crippen molar-refractivity contribution in [2.45, 2.75) is 31.2 Å². The summed E-state index contributed by atoms with van der Waals surface area (Å²) in [6.45, 7) is 5.95. The number of amides is 1. The molecule has 33 heavy (non-hydrogen) atoms. The molecule has 0 fully saturated rings. The Morgan fingerprint density at radius 1 is 0.939 bits per heavy atom. The fourth-order valence-corrected chi connectivity index (χ4v) is 4.47. The first kappa shape index (κ1) is 23.4. The van der Waals surface area contributed by atoms with Crippen LogP contribution in [0.25, 0.3) is 22.5 Å². The van der Waals surface area contributed by atoms with E-state index in [2.05, 4.69) is 72.7 Å². The molecule has 168 valence electrons. The molecule has 4 rings (SSSR count). The summed E-state index contributed by atoms with van der Waals surface area (Å²) in [5.74, 6) is -0.186. The van der Waals surface area contributed by atoms with Gasteiger partial charge in [0.15, 0.2) is 5.16 Å². The Hall–Kier alpha value is -2.73. The van der Waals surface area contributed by atoms with Gasteiger partial charge >= 0.3 is 0 Å². The van der Waals surface area contributed by atoms with Gasteiger partial charge in [0.2, 0.25) is 5.91 Å². The zero-order valence-corrected chi connectivity index (χ0v) is 20.8. The molecule has 1 aromatic heterocycles. The van der Waals surface area contributed by atoms with Crippen LogP contribution in [0.4, 0.5) is 5.69 Å². The van der Waals surface area contributed by atoms with Crippen molar-refractivity contribution in [1.82, 2.24) is 9.97 Å². The summed E-state index contributed by atoms with van der Waals surface area (Å²) in [6.07, 6.45) is 0. The number of halogens is 2. The minimum absolute atomic E-state index is 0.186. The zero-order chi connectivity index (χ0) is 23.5. The monoisotopic (exact) mass is 495 g/mol. The van der Waals surface area contributed by atoms with E-state index in [0.29, 0.717) is 20.9 Å². The van der Waals surface area contributed by atoms with E-state index in [9.17, 15) is 4.79 Å². The molecule has 3 aromatic carbocycles. The van der Waals surface area contributed by atoms with Crippen LogP contribution in [0.3, 0.4) is 0 Å². The number of H-pyrrole nitrogens is 1. The number of rotatable bonds is 6. The number of aromatic nitrogens is 2. The van der Waals surface area contributed by atoms with Gasteiger partial charge in [-0.15, -0.1) is 0 Å². The van der Waals surface area contributed by atoms with E-state index in [1.807, 2.05) is 6.92 Å². The summed E-state index contributed by atoms with van der Waals surface area (Å²) in [7, 11) is 0. The number of nitrogens with zero attached hydrogens (tertiary/aromatic N) is 1. The summed E-state index contributed by atoms with van der Waals surface area (Å²) in [5, 5.41) is 3.82. The van der Waals surface area contributed by atoms with E-state index in [4.69, 9.17) is 28.2 Å². The highest BCUT2D eigenvalue weighted by atomic mass is 35.5. The van der Waals surface area contributed by atoms with Crippen molar-refractivity contribution in [2.75, 3.05) is 5.32 Å². The molecule has 1 atom stereocenters. The van der Waals surface area contributed by atoms with E-state index < -0.39 is 5.25 Å². The van der Waals surface area contributed by atoms with E-state index in [0.717, 1.165) is 22.5 Å². The van der Waals surface area contributed by atoms with Crippen molar-refractivity contribution >= 4 is 46.6 Å². The Morgan fingerprint density at radius 3 is 2.18 bits per heavy atom. The first-order valence-electron chi connectivity index (χ1n) is 10.5. The molecule has 0 saturated carbocycles. The molecule has 1 amide bonds. The summed E-state index contributed by atoms with van der Waals surface area (Å²) < 4.78 is 0. The largest absolute Gasteiger partial charge is 0.332 e. The molecule has 0 aliphatic heterocycles. The third-order valence-corrected chi connectivity index (χ3v) is 7.02. The van der Waals surface area contributed by atoms with Crippen LogP contribution in [0.2, 0.25) is 10.0 Å². The summed E-state index contributed by atoms with van der Waals surface area (Å²) in [4.78, 5) is 21.1. The standard InChI is InChI=1S/C26H23Cl2N3OS/c1-15-7-11-18(12-8-15)23-24(19-13-9-16(2)10-14-19)31-26(30-23)33-17(3)25(32)29-21-6-4-5-20(27)22(21)28/h4-14,17H,1-3H3,(H,29,32)(H,30,31). The van der Waals surface area contributed by atoms with Crippen LogP contribution >= 0.6 is 35.0 Å². The molecular weight excluding hydrogens is 473 g/mol. The van der Waals surface area contributed by atoms with E-state index in [-0.39, 0.29) is 5.91 Å². The number of thioether (sulfide) groups is 1. The number of nitrogens with one attached hydrogen (secondary N) is 2. The van der Waals surface area contributed by atoms with Crippen LogP contribution < -0.4 is 5.32 Å². The number of aryl methyl sites for hydroxylation is 2. The van der Waals surface area contributed by atoms with Gasteiger partial charge in [0.1, 0.15) is 0 Å². The fourth-order valence-electron chi connectivity index (χ4n) is 3.31. The molecule has 7 heteroatoms. The lowest BCUT2D eigenvalue weighted by Crippen LogP contribution is -2.22. The first-order chi connectivity index (χ1) is 15.8. The van der Waals surface area contributed by atoms with E-state index in [1.54, 1.807) is 18.2 Å². The van der Waals surface area contributed by atoms with Gasteiger partial charge in [-0.3, -0.25) is 4.79 Å². The molecule has 0 saturated heterocycles. The lowest BCUT2D eigenvalue weighted by Gasteiger charge is -2.12. The number of hydrogen-bond donors (Lipinski definition) is 2. The molecule has 4 nitrogen and oxygen atoms in total. The Balaban J connectivity index is 1.61. The Bertz CT molecular complexity index is 1220. The molecule has 0 bridgehead atoms. The van der Waals surface area contributed by atoms with Crippen LogP contribution in [0, 0.1) is 13.8 Å². The molecular formula is C26H23Cl2N3OS. The maximum absolute atomic E-state index is 12.8. The molecule has 1 unspecified atom stereocenters. The van der Waals surface area contributed by atoms with Crippen molar-refractivity contribution in [1.29, 1.82) is 0 Å². The highest BCUT2D eigenvalue weighted by Gasteiger charge is 2.21. The maximum atomic E-state index is 12.8. The summed E-state index contributed by atoms with van der Waals surface area (Å²) in [5.41, 5.74) is 6.70. The van der Waals surface area contributed by atoms with E-state index in [1.165, 1.54) is 22.9 Å². The molecule has 4 aromatic rings. The van der Waals surface area contributed by atoms with Crippen LogP contribution in [-0.4, -0.2) is 21.1 Å². The number of carbonyl (C=O) groups excluding carboxylic acids is 1. The second-order valence-electron chi connectivity index (χ2n) is 7.85.